The highest BCUT2D eigenvalue weighted by Crippen LogP contribution is 2.16. The molecule has 0 saturated heterocycles. The highest BCUT2D eigenvalue weighted by Gasteiger charge is 2.18. The molecule has 1 atom stereocenters. The van der Waals surface area contributed by atoms with Crippen molar-refractivity contribution in [2.24, 2.45) is 21.7 Å². The Morgan fingerprint density at radius 2 is 2.45 bits per heavy atom. The number of nitrogens with two attached hydrogens (primary N) is 1. The van der Waals surface area contributed by atoms with E-state index in [-0.39, 0.29) is 12.5 Å². The number of hydrogen-bond donors (Lipinski definition) is 2. The summed E-state index contributed by atoms with van der Waals surface area (Å²) in [5, 5.41) is 8.39. The number of amides is 1. The highest BCUT2D eigenvalue weighted by atomic mass is 16.2. The molecule has 2 rings (SSSR count). The van der Waals surface area contributed by atoms with Gasteiger partial charge in [0.25, 0.3) is 0 Å². The van der Waals surface area contributed by atoms with E-state index < -0.39 is 0 Å². The summed E-state index contributed by atoms with van der Waals surface area (Å²) in [5.74, 6) is 0.351. The number of aliphatic imine (C=N–C) groups is 1. The molecule has 0 bridgehead atoms. The zero-order valence-corrected chi connectivity index (χ0v) is 11.4. The smallest absolute Gasteiger partial charge is 0.241 e. The molecule has 0 aliphatic carbocycles. The van der Waals surface area contributed by atoms with Gasteiger partial charge in [-0.05, 0) is 30.4 Å². The monoisotopic (exact) mass is 271 g/mol. The molecule has 1 amide bonds. The zero-order chi connectivity index (χ0) is 14.5. The Morgan fingerprint density at radius 1 is 1.65 bits per heavy atom. The maximum atomic E-state index is 11.9. The zero-order valence-electron chi connectivity index (χ0n) is 11.4. The second-order valence-corrected chi connectivity index (χ2v) is 4.90. The van der Waals surface area contributed by atoms with Crippen LogP contribution in [0.15, 0.2) is 33.5 Å². The van der Waals surface area contributed by atoms with E-state index in [1.807, 2.05) is 6.21 Å². The minimum absolute atomic E-state index is 0.0874. The first-order chi connectivity index (χ1) is 9.58. The van der Waals surface area contributed by atoms with Crippen molar-refractivity contribution in [3.63, 3.8) is 0 Å². The molecule has 0 aromatic rings. The molecule has 0 saturated carbocycles. The molecule has 2 radical (unpaired) electrons. The Hall–Kier alpha value is -2.05. The van der Waals surface area contributed by atoms with Crippen LogP contribution in [0, 0.1) is 5.92 Å². The third kappa shape index (κ3) is 3.49. The van der Waals surface area contributed by atoms with Crippen molar-refractivity contribution < 1.29 is 4.79 Å². The topological polar surface area (TPSA) is 83.1 Å². The van der Waals surface area contributed by atoms with E-state index in [0.29, 0.717) is 29.3 Å². The van der Waals surface area contributed by atoms with Gasteiger partial charge in [0.1, 0.15) is 14.4 Å². The Bertz CT molecular complexity index is 497. The van der Waals surface area contributed by atoms with Gasteiger partial charge in [0.05, 0.1) is 6.21 Å². The van der Waals surface area contributed by atoms with Gasteiger partial charge >= 0.3 is 0 Å². The lowest BCUT2D eigenvalue weighted by molar-refractivity contribution is -0.122. The van der Waals surface area contributed by atoms with Gasteiger partial charge in [-0.15, -0.1) is 0 Å². The lowest BCUT2D eigenvalue weighted by Gasteiger charge is -2.26. The van der Waals surface area contributed by atoms with Crippen LogP contribution in [0.25, 0.3) is 0 Å². The summed E-state index contributed by atoms with van der Waals surface area (Å²) in [4.78, 5) is 16.1. The van der Waals surface area contributed by atoms with Crippen LogP contribution in [0.5, 0.6) is 0 Å². The van der Waals surface area contributed by atoms with Crippen LogP contribution in [0.2, 0.25) is 0 Å². The summed E-state index contributed by atoms with van der Waals surface area (Å²) in [7, 11) is 5.75. The number of nitrogens with one attached hydrogen (secondary N) is 1. The Balaban J connectivity index is 1.79. The minimum atomic E-state index is -0.112. The largest absolute Gasteiger partial charge is 0.398 e. The fourth-order valence-electron chi connectivity index (χ4n) is 2.04. The van der Waals surface area contributed by atoms with Crippen LogP contribution < -0.4 is 11.1 Å². The van der Waals surface area contributed by atoms with Gasteiger partial charge in [-0.3, -0.25) is 14.8 Å². The molecule has 0 aromatic carbocycles. The summed E-state index contributed by atoms with van der Waals surface area (Å²) < 4.78 is 0. The Labute approximate surface area is 119 Å². The maximum Gasteiger partial charge on any atom is 0.241 e. The van der Waals surface area contributed by atoms with Crippen molar-refractivity contribution in [3.05, 3.63) is 23.4 Å². The average molecular weight is 271 g/mol. The van der Waals surface area contributed by atoms with Crippen molar-refractivity contribution in [2.75, 3.05) is 19.6 Å². The first-order valence-corrected chi connectivity index (χ1v) is 6.59. The van der Waals surface area contributed by atoms with E-state index in [0.717, 1.165) is 19.4 Å². The molecule has 2 aliphatic rings. The molecule has 0 spiro atoms. The number of hydrazone groups is 1. The van der Waals surface area contributed by atoms with Crippen molar-refractivity contribution in [1.29, 1.82) is 0 Å². The molecule has 1 unspecified atom stereocenters. The molecular formula is C13H18BN5O. The molecule has 104 valence electrons. The van der Waals surface area contributed by atoms with Gasteiger partial charge in [0, 0.05) is 24.5 Å². The van der Waals surface area contributed by atoms with Crippen molar-refractivity contribution in [1.82, 2.24) is 10.3 Å². The van der Waals surface area contributed by atoms with Gasteiger partial charge < -0.3 is 11.1 Å². The molecule has 2 heterocycles. The maximum absolute atomic E-state index is 11.9. The standard InChI is InChI=1S/C13H18BN5O/c1-9-13(14)11(15)7-18-19(9)8-12(20)17-6-10-2-4-16-5-3-10/h4,7,10H,1-3,5-6,8,15H2,(H,17,20). The predicted molar refractivity (Wildman–Crippen MR) is 80.4 cm³/mol. The van der Waals surface area contributed by atoms with Gasteiger partial charge in [-0.2, -0.15) is 5.10 Å². The van der Waals surface area contributed by atoms with Crippen LogP contribution in [0.1, 0.15) is 12.8 Å². The molecular weight excluding hydrogens is 253 g/mol. The molecule has 0 fully saturated rings. The van der Waals surface area contributed by atoms with Gasteiger partial charge in [0.2, 0.25) is 5.91 Å². The molecule has 20 heavy (non-hydrogen) atoms. The number of nitrogens with zero attached hydrogens (tertiary/aromatic N) is 3. The van der Waals surface area contributed by atoms with E-state index in [1.165, 1.54) is 11.2 Å². The van der Waals surface area contributed by atoms with Gasteiger partial charge in [-0.25, -0.2) is 0 Å². The van der Waals surface area contributed by atoms with E-state index in [9.17, 15) is 4.79 Å². The fraction of sp³-hybridized carbons (Fsp3) is 0.462. The van der Waals surface area contributed by atoms with Gasteiger partial charge in [0.15, 0.2) is 0 Å². The molecule has 7 heteroatoms. The van der Waals surface area contributed by atoms with E-state index in [1.54, 1.807) is 0 Å². The first kappa shape index (κ1) is 14.4. The SMILES string of the molecule is [B]C1=C(N)C=NN(CC(=O)NCC2CC=NCC2)C1=C. The van der Waals surface area contributed by atoms with Crippen LogP contribution in [0.3, 0.4) is 0 Å². The minimum Gasteiger partial charge on any atom is -0.398 e. The summed E-state index contributed by atoms with van der Waals surface area (Å²) >= 11 is 0. The van der Waals surface area contributed by atoms with Crippen LogP contribution in [0.4, 0.5) is 0 Å². The number of carbonyl (C=O) groups excluding carboxylic acids is 1. The number of allylic oxidation sites excluding steroid dienone is 2. The fourth-order valence-corrected chi connectivity index (χ4v) is 2.04. The third-order valence-electron chi connectivity index (χ3n) is 3.39. The lowest BCUT2D eigenvalue weighted by atomic mass is 9.90. The normalized spacial score (nSPS) is 22.3. The predicted octanol–water partition coefficient (Wildman–Crippen LogP) is -0.263. The molecule has 2 aliphatic heterocycles. The number of rotatable bonds is 4. The second kappa shape index (κ2) is 6.41. The highest BCUT2D eigenvalue weighted by molar-refractivity contribution is 6.26. The summed E-state index contributed by atoms with van der Waals surface area (Å²) in [6.07, 6.45) is 5.28. The van der Waals surface area contributed by atoms with Crippen molar-refractivity contribution in [2.45, 2.75) is 12.8 Å². The van der Waals surface area contributed by atoms with E-state index in [4.69, 9.17) is 13.6 Å². The van der Waals surface area contributed by atoms with Crippen LogP contribution >= 0.6 is 0 Å². The van der Waals surface area contributed by atoms with Gasteiger partial charge in [-0.1, -0.05) is 6.58 Å². The lowest BCUT2D eigenvalue weighted by Crippen LogP contribution is -2.38. The van der Waals surface area contributed by atoms with Crippen LogP contribution in [-0.4, -0.2) is 50.8 Å². The first-order valence-electron chi connectivity index (χ1n) is 6.59. The number of hydrogen-bond acceptors (Lipinski definition) is 5. The van der Waals surface area contributed by atoms with E-state index in [2.05, 4.69) is 22.0 Å². The molecule has 6 nitrogen and oxygen atoms in total. The molecule has 3 N–H and O–H groups in total. The third-order valence-corrected chi connectivity index (χ3v) is 3.39. The quantitative estimate of drug-likeness (QED) is 0.691. The Morgan fingerprint density at radius 3 is 3.15 bits per heavy atom. The average Bonchev–Trinajstić information content (AvgIpc) is 2.47. The Kier molecular flexibility index (Phi) is 4.60. The summed E-state index contributed by atoms with van der Waals surface area (Å²) in [6.45, 7) is 5.37. The second-order valence-electron chi connectivity index (χ2n) is 4.90. The summed E-state index contributed by atoms with van der Waals surface area (Å²) in [5.41, 5.74) is 6.80. The summed E-state index contributed by atoms with van der Waals surface area (Å²) in [6, 6.07) is 0. The van der Waals surface area contributed by atoms with Crippen LogP contribution in [-0.2, 0) is 4.79 Å². The molecule has 0 aromatic heterocycles. The van der Waals surface area contributed by atoms with Crippen molar-refractivity contribution in [3.8, 4) is 0 Å². The number of carbonyl (C=O) groups is 1. The van der Waals surface area contributed by atoms with Crippen molar-refractivity contribution >= 4 is 26.2 Å². The van der Waals surface area contributed by atoms with E-state index >= 15 is 0 Å².